The summed E-state index contributed by atoms with van der Waals surface area (Å²) in [7, 11) is 3.86. The van der Waals surface area contributed by atoms with Gasteiger partial charge in [-0.15, -0.1) is 24.0 Å². The molecule has 0 spiro atoms. The molecule has 1 N–H and O–H groups in total. The molecule has 0 saturated carbocycles. The number of rotatable bonds is 6. The number of nitrogens with one attached hydrogen (secondary N) is 1. The zero-order valence-electron chi connectivity index (χ0n) is 12.5. The van der Waals surface area contributed by atoms with Gasteiger partial charge in [0.25, 0.3) is 0 Å². The summed E-state index contributed by atoms with van der Waals surface area (Å²) in [5.41, 5.74) is 1.03. The molecule has 0 aliphatic carbocycles. The average molecular weight is 413 g/mol. The third-order valence-corrected chi connectivity index (χ3v) is 2.57. The Kier molecular flexibility index (Phi) is 10.0. The largest absolute Gasteiger partial charge is 0.435 e. The molecule has 1 aromatic rings. The van der Waals surface area contributed by atoms with Crippen molar-refractivity contribution in [2.45, 2.75) is 20.0 Å². The second-order valence-corrected chi connectivity index (χ2v) is 4.40. The van der Waals surface area contributed by atoms with E-state index in [0.29, 0.717) is 6.54 Å². The van der Waals surface area contributed by atoms with E-state index in [1.807, 2.05) is 25.9 Å². The van der Waals surface area contributed by atoms with Crippen LogP contribution in [0.1, 0.15) is 12.5 Å². The first-order valence-electron chi connectivity index (χ1n) is 6.52. The lowest BCUT2D eigenvalue weighted by atomic mass is 10.1. The van der Waals surface area contributed by atoms with Crippen molar-refractivity contribution in [3.8, 4) is 5.75 Å². The van der Waals surface area contributed by atoms with Crippen LogP contribution in [0.25, 0.3) is 0 Å². The molecule has 7 heteroatoms. The quantitative estimate of drug-likeness (QED) is 0.443. The Morgan fingerprint density at radius 1 is 1.29 bits per heavy atom. The number of nitrogens with zero attached hydrogens (tertiary/aromatic N) is 2. The highest BCUT2D eigenvalue weighted by Gasteiger charge is 2.04. The first-order valence-corrected chi connectivity index (χ1v) is 6.52. The van der Waals surface area contributed by atoms with E-state index in [0.717, 1.165) is 24.5 Å². The number of hydrogen-bond donors (Lipinski definition) is 1. The average Bonchev–Trinajstić information content (AvgIpc) is 2.39. The van der Waals surface area contributed by atoms with E-state index in [1.54, 1.807) is 24.3 Å². The maximum absolute atomic E-state index is 12.0. The van der Waals surface area contributed by atoms with E-state index in [4.69, 9.17) is 0 Å². The molecule has 120 valence electrons. The van der Waals surface area contributed by atoms with Gasteiger partial charge < -0.3 is 15.0 Å². The van der Waals surface area contributed by atoms with Crippen molar-refractivity contribution < 1.29 is 13.5 Å². The first kappa shape index (κ1) is 19.9. The molecule has 0 radical (unpaired) electrons. The van der Waals surface area contributed by atoms with Gasteiger partial charge in [0.1, 0.15) is 5.75 Å². The van der Waals surface area contributed by atoms with Gasteiger partial charge in [0.05, 0.1) is 0 Å². The number of aliphatic imine (C=N–C) groups is 1. The molecular formula is C14H22F2IN3O. The summed E-state index contributed by atoms with van der Waals surface area (Å²) in [6, 6.07) is 6.64. The third-order valence-electron chi connectivity index (χ3n) is 2.57. The van der Waals surface area contributed by atoms with Crippen LogP contribution in [-0.4, -0.2) is 44.7 Å². The Morgan fingerprint density at radius 2 is 1.90 bits per heavy atom. The van der Waals surface area contributed by atoms with Crippen molar-refractivity contribution in [1.29, 1.82) is 0 Å². The van der Waals surface area contributed by atoms with Gasteiger partial charge in [-0.2, -0.15) is 8.78 Å². The molecule has 0 amide bonds. The highest BCUT2D eigenvalue weighted by atomic mass is 127. The third kappa shape index (κ3) is 8.03. The highest BCUT2D eigenvalue weighted by Crippen LogP contribution is 2.15. The minimum absolute atomic E-state index is 0. The molecule has 0 unspecified atom stereocenters. The minimum Gasteiger partial charge on any atom is -0.435 e. The number of guanidine groups is 1. The van der Waals surface area contributed by atoms with Crippen LogP contribution in [0.5, 0.6) is 5.75 Å². The lowest BCUT2D eigenvalue weighted by Gasteiger charge is -2.16. The lowest BCUT2D eigenvalue weighted by Crippen LogP contribution is -2.36. The van der Waals surface area contributed by atoms with Gasteiger partial charge in [0.2, 0.25) is 0 Å². The Balaban J connectivity index is 0.00000400. The molecule has 0 atom stereocenters. The van der Waals surface area contributed by atoms with Gasteiger partial charge in [-0.25, -0.2) is 0 Å². The molecule has 0 aliphatic rings. The minimum atomic E-state index is -2.78. The smallest absolute Gasteiger partial charge is 0.387 e. The van der Waals surface area contributed by atoms with Crippen molar-refractivity contribution in [2.75, 3.05) is 27.2 Å². The Labute approximate surface area is 141 Å². The maximum atomic E-state index is 12.0. The summed E-state index contributed by atoms with van der Waals surface area (Å²) in [6.45, 7) is 0.681. The van der Waals surface area contributed by atoms with Crippen molar-refractivity contribution in [3.05, 3.63) is 29.8 Å². The van der Waals surface area contributed by atoms with Crippen LogP contribution in [0.2, 0.25) is 0 Å². The van der Waals surface area contributed by atoms with E-state index in [-0.39, 0.29) is 29.7 Å². The molecule has 0 bridgehead atoms. The van der Waals surface area contributed by atoms with E-state index in [9.17, 15) is 8.78 Å². The van der Waals surface area contributed by atoms with Gasteiger partial charge in [-0.3, -0.25) is 4.99 Å². The van der Waals surface area contributed by atoms with Crippen LogP contribution < -0.4 is 10.1 Å². The zero-order valence-corrected chi connectivity index (χ0v) is 14.8. The SMILES string of the molecule is CCNC(=NCCc1ccc(OC(F)F)cc1)N(C)C.I. The molecule has 0 saturated heterocycles. The molecule has 1 rings (SSSR count). The van der Waals surface area contributed by atoms with Crippen LogP contribution in [0.4, 0.5) is 8.78 Å². The van der Waals surface area contributed by atoms with Crippen molar-refractivity contribution in [1.82, 2.24) is 10.2 Å². The van der Waals surface area contributed by atoms with E-state index < -0.39 is 6.61 Å². The molecule has 0 aliphatic heterocycles. The van der Waals surface area contributed by atoms with E-state index >= 15 is 0 Å². The summed E-state index contributed by atoms with van der Waals surface area (Å²) < 4.78 is 28.3. The lowest BCUT2D eigenvalue weighted by molar-refractivity contribution is -0.0498. The zero-order chi connectivity index (χ0) is 15.0. The van der Waals surface area contributed by atoms with Crippen LogP contribution in [-0.2, 0) is 6.42 Å². The van der Waals surface area contributed by atoms with E-state index in [1.165, 1.54) is 0 Å². The standard InChI is InChI=1S/C14H21F2N3O.HI/c1-4-17-14(19(2)3)18-10-9-11-5-7-12(8-6-11)20-13(15)16;/h5-8,13H,4,9-10H2,1-3H3,(H,17,18);1H. The molecule has 0 heterocycles. The van der Waals surface area contributed by atoms with Gasteiger partial charge in [-0.1, -0.05) is 12.1 Å². The summed E-state index contributed by atoms with van der Waals surface area (Å²) in [5, 5.41) is 3.17. The maximum Gasteiger partial charge on any atom is 0.387 e. The number of ether oxygens (including phenoxy) is 1. The molecule has 1 aromatic carbocycles. The number of hydrogen-bond acceptors (Lipinski definition) is 2. The monoisotopic (exact) mass is 413 g/mol. The Hall–Kier alpha value is -1.12. The van der Waals surface area contributed by atoms with Gasteiger partial charge in [-0.05, 0) is 31.0 Å². The molecule has 0 aromatic heterocycles. The van der Waals surface area contributed by atoms with Crippen LogP contribution >= 0.6 is 24.0 Å². The fourth-order valence-corrected chi connectivity index (χ4v) is 1.64. The second-order valence-electron chi connectivity index (χ2n) is 4.40. The topological polar surface area (TPSA) is 36.9 Å². The second kappa shape index (κ2) is 10.6. The van der Waals surface area contributed by atoms with Gasteiger partial charge in [0, 0.05) is 27.2 Å². The molecule has 4 nitrogen and oxygen atoms in total. The first-order chi connectivity index (χ1) is 9.52. The summed E-state index contributed by atoms with van der Waals surface area (Å²) in [6.07, 6.45) is 0.748. The van der Waals surface area contributed by atoms with Crippen molar-refractivity contribution >= 4 is 29.9 Å². The van der Waals surface area contributed by atoms with Crippen LogP contribution in [0.3, 0.4) is 0 Å². The van der Waals surface area contributed by atoms with Crippen molar-refractivity contribution in [2.24, 2.45) is 4.99 Å². The number of benzene rings is 1. The fraction of sp³-hybridized carbons (Fsp3) is 0.500. The number of alkyl halides is 2. The predicted molar refractivity (Wildman–Crippen MR) is 91.9 cm³/mol. The predicted octanol–water partition coefficient (Wildman–Crippen LogP) is 2.98. The summed E-state index contributed by atoms with van der Waals surface area (Å²) in [5.74, 6) is 1.01. The molecular weight excluding hydrogens is 391 g/mol. The van der Waals surface area contributed by atoms with Gasteiger partial charge in [0.15, 0.2) is 5.96 Å². The van der Waals surface area contributed by atoms with Crippen LogP contribution in [0.15, 0.2) is 29.3 Å². The Morgan fingerprint density at radius 3 is 2.38 bits per heavy atom. The van der Waals surface area contributed by atoms with Crippen molar-refractivity contribution in [3.63, 3.8) is 0 Å². The summed E-state index contributed by atoms with van der Waals surface area (Å²) >= 11 is 0. The molecule has 21 heavy (non-hydrogen) atoms. The van der Waals surface area contributed by atoms with E-state index in [2.05, 4.69) is 15.0 Å². The Bertz CT molecular complexity index is 425. The van der Waals surface area contributed by atoms with Crippen LogP contribution in [0, 0.1) is 0 Å². The fourth-order valence-electron chi connectivity index (χ4n) is 1.64. The summed E-state index contributed by atoms with van der Waals surface area (Å²) in [4.78, 5) is 6.38. The highest BCUT2D eigenvalue weighted by molar-refractivity contribution is 14.0. The van der Waals surface area contributed by atoms with Gasteiger partial charge >= 0.3 is 6.61 Å². The normalized spacial score (nSPS) is 11.0. The number of halogens is 3. The molecule has 0 fully saturated rings.